The molecular formula is C14H18Cl2N2S. The molecule has 0 atom stereocenters. The van der Waals surface area contributed by atoms with Crippen molar-refractivity contribution in [1.29, 1.82) is 0 Å². The van der Waals surface area contributed by atoms with Gasteiger partial charge in [0.25, 0.3) is 0 Å². The maximum Gasteiger partial charge on any atom is 0.0931 e. The number of hydrogen-bond donors (Lipinski definition) is 1. The van der Waals surface area contributed by atoms with Crippen LogP contribution in [0.5, 0.6) is 0 Å². The number of hydrogen-bond acceptors (Lipinski definition) is 3. The molecule has 0 amide bonds. The van der Waals surface area contributed by atoms with Gasteiger partial charge in [-0.05, 0) is 17.7 Å². The van der Waals surface area contributed by atoms with E-state index in [2.05, 4.69) is 35.2 Å². The minimum atomic E-state index is 0. The lowest BCUT2D eigenvalue weighted by atomic mass is 10.2. The summed E-state index contributed by atoms with van der Waals surface area (Å²) in [7, 11) is 0. The van der Waals surface area contributed by atoms with Gasteiger partial charge in [-0.3, -0.25) is 4.90 Å². The molecule has 104 valence electrons. The molecule has 0 spiro atoms. The molecule has 2 N–H and O–H groups in total. The second kappa shape index (κ2) is 8.56. The first-order valence-corrected chi connectivity index (χ1v) is 7.18. The summed E-state index contributed by atoms with van der Waals surface area (Å²) >= 11 is 7.59. The SMILES string of the molecule is Cl.NCCN(Cc1ccccc1)Cc1ccc(Cl)s1. The van der Waals surface area contributed by atoms with Gasteiger partial charge in [0.1, 0.15) is 0 Å². The van der Waals surface area contributed by atoms with Crippen LogP contribution in [-0.4, -0.2) is 18.0 Å². The van der Waals surface area contributed by atoms with Crippen LogP contribution in [0.4, 0.5) is 0 Å². The molecule has 19 heavy (non-hydrogen) atoms. The van der Waals surface area contributed by atoms with Crippen molar-refractivity contribution in [2.45, 2.75) is 13.1 Å². The summed E-state index contributed by atoms with van der Waals surface area (Å²) in [5, 5.41) is 0. The van der Waals surface area contributed by atoms with Crippen LogP contribution in [0.2, 0.25) is 4.34 Å². The van der Waals surface area contributed by atoms with Crippen molar-refractivity contribution in [2.75, 3.05) is 13.1 Å². The Morgan fingerprint density at radius 3 is 2.37 bits per heavy atom. The molecule has 0 aliphatic rings. The highest BCUT2D eigenvalue weighted by Crippen LogP contribution is 2.23. The van der Waals surface area contributed by atoms with E-state index in [1.54, 1.807) is 11.3 Å². The molecule has 1 aromatic heterocycles. The molecule has 0 aliphatic heterocycles. The first kappa shape index (κ1) is 16.5. The fraction of sp³-hybridized carbons (Fsp3) is 0.286. The molecule has 2 aromatic rings. The molecular weight excluding hydrogens is 299 g/mol. The van der Waals surface area contributed by atoms with Gasteiger partial charge in [-0.15, -0.1) is 23.7 Å². The molecule has 0 saturated heterocycles. The third-order valence-electron chi connectivity index (χ3n) is 2.70. The van der Waals surface area contributed by atoms with E-state index in [-0.39, 0.29) is 12.4 Å². The minimum absolute atomic E-state index is 0. The van der Waals surface area contributed by atoms with E-state index in [0.29, 0.717) is 6.54 Å². The number of benzene rings is 1. The van der Waals surface area contributed by atoms with Crippen molar-refractivity contribution >= 4 is 35.3 Å². The Balaban J connectivity index is 0.00000180. The normalized spacial score (nSPS) is 10.5. The van der Waals surface area contributed by atoms with Gasteiger partial charge in [0.15, 0.2) is 0 Å². The zero-order chi connectivity index (χ0) is 12.8. The Hall–Kier alpha value is -0.580. The fourth-order valence-corrected chi connectivity index (χ4v) is 3.03. The van der Waals surface area contributed by atoms with Gasteiger partial charge in [-0.2, -0.15) is 0 Å². The summed E-state index contributed by atoms with van der Waals surface area (Å²) in [5.74, 6) is 0. The highest BCUT2D eigenvalue weighted by atomic mass is 35.5. The molecule has 0 fully saturated rings. The quantitative estimate of drug-likeness (QED) is 0.878. The Kier molecular flexibility index (Phi) is 7.42. The molecule has 0 radical (unpaired) electrons. The van der Waals surface area contributed by atoms with Crippen molar-refractivity contribution in [1.82, 2.24) is 4.90 Å². The third kappa shape index (κ3) is 5.51. The summed E-state index contributed by atoms with van der Waals surface area (Å²) in [4.78, 5) is 3.63. The Morgan fingerprint density at radius 2 is 1.79 bits per heavy atom. The lowest BCUT2D eigenvalue weighted by Gasteiger charge is -2.20. The van der Waals surface area contributed by atoms with E-state index in [4.69, 9.17) is 17.3 Å². The zero-order valence-electron chi connectivity index (χ0n) is 10.6. The van der Waals surface area contributed by atoms with Gasteiger partial charge in [-0.1, -0.05) is 41.9 Å². The summed E-state index contributed by atoms with van der Waals surface area (Å²) in [5.41, 5.74) is 6.99. The van der Waals surface area contributed by atoms with Gasteiger partial charge in [0, 0.05) is 31.1 Å². The molecule has 0 unspecified atom stereocenters. The number of thiophene rings is 1. The minimum Gasteiger partial charge on any atom is -0.329 e. The van der Waals surface area contributed by atoms with Crippen LogP contribution in [-0.2, 0) is 13.1 Å². The Morgan fingerprint density at radius 1 is 1.05 bits per heavy atom. The van der Waals surface area contributed by atoms with Gasteiger partial charge in [-0.25, -0.2) is 0 Å². The molecule has 0 bridgehead atoms. The van der Waals surface area contributed by atoms with E-state index >= 15 is 0 Å². The van der Waals surface area contributed by atoms with Crippen LogP contribution in [0.3, 0.4) is 0 Å². The Bertz CT molecular complexity index is 473. The van der Waals surface area contributed by atoms with Crippen molar-refractivity contribution in [3.63, 3.8) is 0 Å². The predicted octanol–water partition coefficient (Wildman–Crippen LogP) is 3.78. The molecule has 1 heterocycles. The fourth-order valence-electron chi connectivity index (χ4n) is 1.90. The van der Waals surface area contributed by atoms with Crippen LogP contribution in [0.25, 0.3) is 0 Å². The second-order valence-corrected chi connectivity index (χ2v) is 5.99. The summed E-state index contributed by atoms with van der Waals surface area (Å²) in [6.07, 6.45) is 0. The largest absolute Gasteiger partial charge is 0.329 e. The third-order valence-corrected chi connectivity index (χ3v) is 3.92. The lowest BCUT2D eigenvalue weighted by molar-refractivity contribution is 0.267. The van der Waals surface area contributed by atoms with E-state index in [0.717, 1.165) is 24.0 Å². The molecule has 0 saturated carbocycles. The zero-order valence-corrected chi connectivity index (χ0v) is 13.0. The standard InChI is InChI=1S/C14H17ClN2S.ClH/c15-14-7-6-13(18-14)11-17(9-8-16)10-12-4-2-1-3-5-12;/h1-7H,8-11,16H2;1H. The van der Waals surface area contributed by atoms with E-state index in [1.165, 1.54) is 10.4 Å². The topological polar surface area (TPSA) is 29.3 Å². The van der Waals surface area contributed by atoms with Crippen molar-refractivity contribution in [2.24, 2.45) is 5.73 Å². The molecule has 0 aliphatic carbocycles. The van der Waals surface area contributed by atoms with Crippen LogP contribution < -0.4 is 5.73 Å². The van der Waals surface area contributed by atoms with Crippen molar-refractivity contribution in [3.8, 4) is 0 Å². The molecule has 5 heteroatoms. The highest BCUT2D eigenvalue weighted by Gasteiger charge is 2.07. The van der Waals surface area contributed by atoms with Crippen LogP contribution >= 0.6 is 35.3 Å². The van der Waals surface area contributed by atoms with Crippen molar-refractivity contribution in [3.05, 3.63) is 57.2 Å². The molecule has 1 aromatic carbocycles. The first-order chi connectivity index (χ1) is 8.78. The number of nitrogens with two attached hydrogens (primary N) is 1. The molecule has 2 rings (SSSR count). The first-order valence-electron chi connectivity index (χ1n) is 5.98. The smallest absolute Gasteiger partial charge is 0.0931 e. The lowest BCUT2D eigenvalue weighted by Crippen LogP contribution is -2.28. The van der Waals surface area contributed by atoms with E-state index in [1.807, 2.05) is 12.1 Å². The van der Waals surface area contributed by atoms with Crippen LogP contribution in [0.1, 0.15) is 10.4 Å². The Labute approximate surface area is 129 Å². The summed E-state index contributed by atoms with van der Waals surface area (Å²) in [6.45, 7) is 3.40. The second-order valence-electron chi connectivity index (χ2n) is 4.19. The monoisotopic (exact) mass is 316 g/mol. The van der Waals surface area contributed by atoms with Gasteiger partial charge in [0.2, 0.25) is 0 Å². The van der Waals surface area contributed by atoms with Crippen molar-refractivity contribution < 1.29 is 0 Å². The predicted molar refractivity (Wildman–Crippen MR) is 86.2 cm³/mol. The number of rotatable bonds is 6. The molecule has 2 nitrogen and oxygen atoms in total. The van der Waals surface area contributed by atoms with Gasteiger partial charge in [0.05, 0.1) is 4.34 Å². The highest BCUT2D eigenvalue weighted by molar-refractivity contribution is 7.16. The average molecular weight is 317 g/mol. The number of nitrogens with zero attached hydrogens (tertiary/aromatic N) is 1. The maximum absolute atomic E-state index is 5.96. The number of halogens is 2. The van der Waals surface area contributed by atoms with Gasteiger partial charge >= 0.3 is 0 Å². The van der Waals surface area contributed by atoms with Gasteiger partial charge < -0.3 is 5.73 Å². The average Bonchev–Trinajstić information content (AvgIpc) is 2.76. The van der Waals surface area contributed by atoms with E-state index < -0.39 is 0 Å². The van der Waals surface area contributed by atoms with E-state index in [9.17, 15) is 0 Å². The summed E-state index contributed by atoms with van der Waals surface area (Å²) in [6, 6.07) is 14.5. The maximum atomic E-state index is 5.96. The van der Waals surface area contributed by atoms with Crippen LogP contribution in [0.15, 0.2) is 42.5 Å². The summed E-state index contributed by atoms with van der Waals surface area (Å²) < 4.78 is 0.845. The van der Waals surface area contributed by atoms with Crippen LogP contribution in [0, 0.1) is 0 Å².